The Kier molecular flexibility index (Phi) is 5.93. The molecule has 4 aromatic heterocycles. The summed E-state index contributed by atoms with van der Waals surface area (Å²) in [6.45, 7) is 10.7. The number of carbonyl (C=O) groups excluding carboxylic acids is 1. The van der Waals surface area contributed by atoms with E-state index in [0.717, 1.165) is 64.4 Å². The smallest absolute Gasteiger partial charge is 0.223 e. The largest absolute Gasteiger partial charge is 0.342 e. The molecule has 5 aromatic rings. The second-order valence-electron chi connectivity index (χ2n) is 11.6. The fourth-order valence-corrected chi connectivity index (χ4v) is 5.00. The van der Waals surface area contributed by atoms with E-state index in [1.807, 2.05) is 51.6 Å². The van der Waals surface area contributed by atoms with E-state index in [4.69, 9.17) is 0 Å². The minimum absolute atomic E-state index is 0.0227. The zero-order valence-corrected chi connectivity index (χ0v) is 22.3. The van der Waals surface area contributed by atoms with Crippen LogP contribution >= 0.6 is 0 Å². The van der Waals surface area contributed by atoms with E-state index in [-0.39, 0.29) is 11.3 Å². The maximum atomic E-state index is 12.4. The van der Waals surface area contributed by atoms with Gasteiger partial charge in [-0.05, 0) is 48.2 Å². The molecule has 5 heterocycles. The predicted octanol–water partition coefficient (Wildman–Crippen LogP) is 4.33. The zero-order valence-electron chi connectivity index (χ0n) is 22.3. The Labute approximate surface area is 221 Å². The number of amides is 1. The van der Waals surface area contributed by atoms with Crippen LogP contribution in [0.15, 0.2) is 55.0 Å². The van der Waals surface area contributed by atoms with Crippen LogP contribution in [0.2, 0.25) is 0 Å². The molecular weight excluding hydrogens is 476 g/mol. The summed E-state index contributed by atoms with van der Waals surface area (Å²) < 4.78 is 3.79. The molecule has 0 saturated carbocycles. The summed E-state index contributed by atoms with van der Waals surface area (Å²) in [6.07, 6.45) is 7.09. The number of aryl methyl sites for hydroxylation is 1. The molecule has 194 valence electrons. The van der Waals surface area contributed by atoms with Gasteiger partial charge in [0.1, 0.15) is 0 Å². The van der Waals surface area contributed by atoms with Crippen LogP contribution in [-0.2, 0) is 17.8 Å². The first-order chi connectivity index (χ1) is 18.2. The van der Waals surface area contributed by atoms with Gasteiger partial charge >= 0.3 is 0 Å². The summed E-state index contributed by atoms with van der Waals surface area (Å²) in [4.78, 5) is 19.1. The van der Waals surface area contributed by atoms with E-state index in [1.54, 1.807) is 0 Å². The van der Waals surface area contributed by atoms with Crippen LogP contribution in [0.1, 0.15) is 44.3 Å². The Balaban J connectivity index is 1.14. The van der Waals surface area contributed by atoms with Crippen LogP contribution in [0, 0.1) is 18.3 Å². The van der Waals surface area contributed by atoms with Crippen molar-refractivity contribution < 1.29 is 4.79 Å². The van der Waals surface area contributed by atoms with Crippen molar-refractivity contribution in [1.82, 2.24) is 39.5 Å². The van der Waals surface area contributed by atoms with Crippen molar-refractivity contribution in [2.45, 2.75) is 47.1 Å². The Morgan fingerprint density at radius 2 is 1.87 bits per heavy atom. The van der Waals surface area contributed by atoms with Gasteiger partial charge in [0, 0.05) is 67.3 Å². The first-order valence-electron chi connectivity index (χ1n) is 13.1. The molecule has 1 aliphatic rings. The summed E-state index contributed by atoms with van der Waals surface area (Å²) >= 11 is 0. The Bertz CT molecular complexity index is 1640. The molecule has 0 unspecified atom stereocenters. The average molecular weight is 509 g/mol. The van der Waals surface area contributed by atoms with Crippen molar-refractivity contribution in [2.24, 2.45) is 11.3 Å². The number of pyridine rings is 1. The fraction of sp³-hybridized carbons (Fsp3) is 0.379. The molecule has 6 rings (SSSR count). The van der Waals surface area contributed by atoms with Gasteiger partial charge in [-0.2, -0.15) is 14.7 Å². The van der Waals surface area contributed by atoms with Gasteiger partial charge in [-0.1, -0.05) is 26.8 Å². The van der Waals surface area contributed by atoms with E-state index in [0.29, 0.717) is 18.8 Å². The first kappa shape index (κ1) is 24.2. The van der Waals surface area contributed by atoms with Crippen molar-refractivity contribution in [2.75, 3.05) is 13.1 Å². The number of nitrogens with zero attached hydrogens (tertiary/aromatic N) is 8. The molecule has 9 nitrogen and oxygen atoms in total. The van der Waals surface area contributed by atoms with Gasteiger partial charge in [-0.15, -0.1) is 10.2 Å². The number of hydrogen-bond donors (Lipinski definition) is 0. The van der Waals surface area contributed by atoms with Crippen LogP contribution in [0.4, 0.5) is 0 Å². The second-order valence-corrected chi connectivity index (χ2v) is 11.6. The van der Waals surface area contributed by atoms with E-state index in [1.165, 1.54) is 0 Å². The van der Waals surface area contributed by atoms with Crippen molar-refractivity contribution in [3.8, 4) is 11.1 Å². The lowest BCUT2D eigenvalue weighted by Crippen LogP contribution is -2.52. The third-order valence-electron chi connectivity index (χ3n) is 6.97. The number of hydrogen-bond acceptors (Lipinski definition) is 6. The summed E-state index contributed by atoms with van der Waals surface area (Å²) in [7, 11) is 0. The number of fused-ring (bicyclic) bond motifs is 2. The highest BCUT2D eigenvalue weighted by atomic mass is 16.2. The summed E-state index contributed by atoms with van der Waals surface area (Å²) in [5.74, 6) is 1.50. The lowest BCUT2D eigenvalue weighted by atomic mass is 9.90. The molecule has 9 heteroatoms. The van der Waals surface area contributed by atoms with Gasteiger partial charge in [0.05, 0.1) is 17.4 Å². The topological polar surface area (TPSA) is 94.1 Å². The summed E-state index contributed by atoms with van der Waals surface area (Å²) in [5.41, 5.74) is 5.83. The minimum Gasteiger partial charge on any atom is -0.342 e. The van der Waals surface area contributed by atoms with Gasteiger partial charge in [-0.3, -0.25) is 14.5 Å². The molecule has 1 saturated heterocycles. The standard InChI is InChI=1S/C29H32N8O/c1-19-5-8-26-32-33-27(37(26)34-19)10-20-6-7-25-22(9-20)11-23(13-30-25)24-14-31-36(18-24)17-21-15-35(16-21)28(38)12-29(2,3)4/h5-9,11,13-14,18,21H,10,12,15-17H2,1-4H3. The highest BCUT2D eigenvalue weighted by Crippen LogP contribution is 2.27. The Hall–Kier alpha value is -4.14. The number of likely N-dealkylation sites (tertiary alicyclic amines) is 1. The Morgan fingerprint density at radius 3 is 2.68 bits per heavy atom. The number of benzene rings is 1. The average Bonchev–Trinajstić information content (AvgIpc) is 3.46. The first-order valence-corrected chi connectivity index (χ1v) is 13.1. The van der Waals surface area contributed by atoms with E-state index < -0.39 is 0 Å². The molecule has 0 radical (unpaired) electrons. The quantitative estimate of drug-likeness (QED) is 0.339. The second kappa shape index (κ2) is 9.31. The molecule has 1 fully saturated rings. The van der Waals surface area contributed by atoms with Crippen LogP contribution in [0.25, 0.3) is 27.7 Å². The van der Waals surface area contributed by atoms with Gasteiger partial charge in [-0.25, -0.2) is 0 Å². The molecule has 0 N–H and O–H groups in total. The van der Waals surface area contributed by atoms with Crippen LogP contribution in [0.5, 0.6) is 0 Å². The molecule has 1 amide bonds. The lowest BCUT2D eigenvalue weighted by Gasteiger charge is -2.40. The minimum atomic E-state index is 0.0227. The highest BCUT2D eigenvalue weighted by molar-refractivity contribution is 5.84. The Morgan fingerprint density at radius 1 is 1.03 bits per heavy atom. The van der Waals surface area contributed by atoms with Crippen molar-refractivity contribution in [3.05, 3.63) is 72.1 Å². The molecule has 1 aromatic carbocycles. The number of carbonyl (C=O) groups is 1. The molecule has 0 atom stereocenters. The third kappa shape index (κ3) is 5.01. The summed E-state index contributed by atoms with van der Waals surface area (Å²) in [5, 5.41) is 18.8. The van der Waals surface area contributed by atoms with E-state index in [9.17, 15) is 4.79 Å². The van der Waals surface area contributed by atoms with Crippen LogP contribution < -0.4 is 0 Å². The maximum Gasteiger partial charge on any atom is 0.223 e. The van der Waals surface area contributed by atoms with Gasteiger partial charge in [0.2, 0.25) is 5.91 Å². The molecule has 0 bridgehead atoms. The lowest BCUT2D eigenvalue weighted by molar-refractivity contribution is -0.139. The normalized spacial score (nSPS) is 14.4. The number of rotatable bonds is 6. The van der Waals surface area contributed by atoms with Crippen LogP contribution in [-0.4, -0.2) is 58.5 Å². The van der Waals surface area contributed by atoms with Gasteiger partial charge in [0.15, 0.2) is 11.5 Å². The van der Waals surface area contributed by atoms with Crippen LogP contribution in [0.3, 0.4) is 0 Å². The predicted molar refractivity (Wildman–Crippen MR) is 145 cm³/mol. The van der Waals surface area contributed by atoms with Crippen molar-refractivity contribution in [1.29, 1.82) is 0 Å². The van der Waals surface area contributed by atoms with Crippen molar-refractivity contribution >= 4 is 22.5 Å². The highest BCUT2D eigenvalue weighted by Gasteiger charge is 2.32. The van der Waals surface area contributed by atoms with Crippen molar-refractivity contribution in [3.63, 3.8) is 0 Å². The third-order valence-corrected chi connectivity index (χ3v) is 6.97. The monoisotopic (exact) mass is 508 g/mol. The molecular formula is C29H32N8O. The maximum absolute atomic E-state index is 12.4. The van der Waals surface area contributed by atoms with Gasteiger partial charge in [0.25, 0.3) is 0 Å². The molecule has 0 spiro atoms. The summed E-state index contributed by atoms with van der Waals surface area (Å²) in [6, 6.07) is 12.3. The zero-order chi connectivity index (χ0) is 26.4. The number of aromatic nitrogens is 7. The molecule has 0 aliphatic carbocycles. The van der Waals surface area contributed by atoms with E-state index in [2.05, 4.69) is 70.5 Å². The molecule has 38 heavy (non-hydrogen) atoms. The molecule has 1 aliphatic heterocycles. The van der Waals surface area contributed by atoms with Gasteiger partial charge < -0.3 is 4.90 Å². The SMILES string of the molecule is Cc1ccc2nnc(Cc3ccc4ncc(-c5cnn(CC6CN(C(=O)CC(C)(C)C)C6)c5)cc4c3)n2n1. The van der Waals surface area contributed by atoms with E-state index >= 15 is 0 Å². The fourth-order valence-electron chi connectivity index (χ4n) is 5.00.